The van der Waals surface area contributed by atoms with E-state index >= 15 is 0 Å². The Morgan fingerprint density at radius 2 is 1.77 bits per heavy atom. The Bertz CT molecular complexity index is 751. The highest BCUT2D eigenvalue weighted by Gasteiger charge is 2.42. The van der Waals surface area contributed by atoms with Crippen molar-refractivity contribution in [1.29, 1.82) is 0 Å². The molecule has 0 fully saturated rings. The van der Waals surface area contributed by atoms with Crippen LogP contribution in [-0.2, 0) is 9.59 Å². The number of carbonyl (C=O) groups is 2. The molecule has 1 atom stereocenters. The van der Waals surface area contributed by atoms with Gasteiger partial charge in [0, 0.05) is 6.54 Å². The second kappa shape index (κ2) is 11.7. The fourth-order valence-corrected chi connectivity index (χ4v) is 3.97. The number of hydrogen-bond acceptors (Lipinski definition) is 5. The Hall–Kier alpha value is -2.34. The van der Waals surface area contributed by atoms with Gasteiger partial charge in [0.1, 0.15) is 5.75 Å². The number of methoxy groups -OCH3 is 1. The highest BCUT2D eigenvalue weighted by atomic mass is 16.5. The molecule has 1 N–H and O–H groups in total. The van der Waals surface area contributed by atoms with Crippen LogP contribution >= 0.6 is 0 Å². The van der Waals surface area contributed by atoms with Crippen molar-refractivity contribution in [1.82, 2.24) is 9.80 Å². The maximum Gasteiger partial charge on any atom is 0.290 e. The first-order valence-electron chi connectivity index (χ1n) is 11.1. The van der Waals surface area contributed by atoms with E-state index in [1.54, 1.807) is 12.0 Å². The van der Waals surface area contributed by atoms with E-state index in [2.05, 4.69) is 18.7 Å². The molecule has 1 aliphatic rings. The third kappa shape index (κ3) is 5.85. The monoisotopic (exact) mass is 416 g/mol. The molecule has 1 amide bonds. The molecule has 0 bridgehead atoms. The number of ether oxygens (including phenoxy) is 1. The molecule has 0 spiro atoms. The molecule has 0 saturated carbocycles. The predicted octanol–water partition coefficient (Wildman–Crippen LogP) is 4.27. The van der Waals surface area contributed by atoms with Gasteiger partial charge in [-0.25, -0.2) is 0 Å². The van der Waals surface area contributed by atoms with Crippen LogP contribution in [0.3, 0.4) is 0 Å². The zero-order chi connectivity index (χ0) is 22.1. The lowest BCUT2D eigenvalue weighted by Crippen LogP contribution is -2.35. The van der Waals surface area contributed by atoms with Gasteiger partial charge in [-0.2, -0.15) is 0 Å². The number of Topliss-reactive ketones (excluding diaryl/α,β-unsaturated/α-hetero) is 1. The van der Waals surface area contributed by atoms with E-state index in [0.717, 1.165) is 57.3 Å². The smallest absolute Gasteiger partial charge is 0.290 e. The van der Waals surface area contributed by atoms with E-state index in [4.69, 9.17) is 4.74 Å². The SMILES string of the molecule is CCCCN(CCCC)CCCN1C(=O)C(O)=C(C(C)=O)C1c1cccc(OC)c1. The number of aliphatic hydroxyl groups is 1. The number of benzene rings is 1. The summed E-state index contributed by atoms with van der Waals surface area (Å²) < 4.78 is 5.31. The number of amides is 1. The first-order valence-corrected chi connectivity index (χ1v) is 11.1. The quantitative estimate of drug-likeness (QED) is 0.520. The molecular weight excluding hydrogens is 380 g/mol. The molecule has 30 heavy (non-hydrogen) atoms. The number of aliphatic hydroxyl groups excluding tert-OH is 1. The van der Waals surface area contributed by atoms with Crippen LogP contribution in [-0.4, -0.2) is 59.9 Å². The van der Waals surface area contributed by atoms with E-state index in [1.165, 1.54) is 6.92 Å². The van der Waals surface area contributed by atoms with Crippen LogP contribution in [0.2, 0.25) is 0 Å². The van der Waals surface area contributed by atoms with Crippen molar-refractivity contribution in [2.45, 2.75) is 58.9 Å². The van der Waals surface area contributed by atoms with Crippen molar-refractivity contribution in [2.24, 2.45) is 0 Å². The molecule has 166 valence electrons. The lowest BCUT2D eigenvalue weighted by molar-refractivity contribution is -0.129. The van der Waals surface area contributed by atoms with Crippen molar-refractivity contribution in [3.8, 4) is 5.75 Å². The highest BCUT2D eigenvalue weighted by molar-refractivity contribution is 6.08. The largest absolute Gasteiger partial charge is 0.503 e. The van der Waals surface area contributed by atoms with Gasteiger partial charge in [0.15, 0.2) is 11.5 Å². The average Bonchev–Trinajstić information content (AvgIpc) is 3.00. The molecule has 1 unspecified atom stereocenters. The first kappa shape index (κ1) is 23.9. The van der Waals surface area contributed by atoms with Crippen molar-refractivity contribution < 1.29 is 19.4 Å². The molecule has 0 aromatic heterocycles. The van der Waals surface area contributed by atoms with Crippen molar-refractivity contribution in [3.63, 3.8) is 0 Å². The fraction of sp³-hybridized carbons (Fsp3) is 0.583. The molecule has 2 rings (SSSR count). The van der Waals surface area contributed by atoms with Gasteiger partial charge in [-0.3, -0.25) is 9.59 Å². The van der Waals surface area contributed by atoms with Crippen molar-refractivity contribution in [2.75, 3.05) is 33.3 Å². The number of nitrogens with zero attached hydrogens (tertiary/aromatic N) is 2. The average molecular weight is 417 g/mol. The summed E-state index contributed by atoms with van der Waals surface area (Å²) >= 11 is 0. The minimum absolute atomic E-state index is 0.169. The van der Waals surface area contributed by atoms with Crippen LogP contribution in [0.25, 0.3) is 0 Å². The van der Waals surface area contributed by atoms with Crippen LogP contribution in [0, 0.1) is 0 Å². The maximum atomic E-state index is 12.8. The number of carbonyl (C=O) groups excluding carboxylic acids is 2. The van der Waals surface area contributed by atoms with E-state index < -0.39 is 17.7 Å². The summed E-state index contributed by atoms with van der Waals surface area (Å²) in [6, 6.07) is 6.76. The van der Waals surface area contributed by atoms with Crippen LogP contribution < -0.4 is 4.74 Å². The topological polar surface area (TPSA) is 70.1 Å². The third-order valence-corrected chi connectivity index (χ3v) is 5.62. The second-order valence-corrected chi connectivity index (χ2v) is 7.90. The fourth-order valence-electron chi connectivity index (χ4n) is 3.97. The molecule has 1 heterocycles. The first-order chi connectivity index (χ1) is 14.4. The molecule has 1 aromatic rings. The van der Waals surface area contributed by atoms with Gasteiger partial charge < -0.3 is 19.6 Å². The van der Waals surface area contributed by atoms with Crippen LogP contribution in [0.1, 0.15) is 64.5 Å². The lowest BCUT2D eigenvalue weighted by Gasteiger charge is -2.28. The van der Waals surface area contributed by atoms with Crippen LogP contribution in [0.15, 0.2) is 35.6 Å². The van der Waals surface area contributed by atoms with Gasteiger partial charge in [-0.1, -0.05) is 38.8 Å². The molecule has 6 nitrogen and oxygen atoms in total. The highest BCUT2D eigenvalue weighted by Crippen LogP contribution is 2.38. The Kier molecular flexibility index (Phi) is 9.37. The summed E-state index contributed by atoms with van der Waals surface area (Å²) in [7, 11) is 1.58. The summed E-state index contributed by atoms with van der Waals surface area (Å²) in [5.74, 6) is -0.533. The van der Waals surface area contributed by atoms with Gasteiger partial charge in [0.05, 0.1) is 18.7 Å². The molecule has 6 heteroatoms. The molecular formula is C24H36N2O4. The van der Waals surface area contributed by atoms with Gasteiger partial charge in [0.2, 0.25) is 0 Å². The molecule has 1 aliphatic heterocycles. The van der Waals surface area contributed by atoms with Crippen molar-refractivity contribution >= 4 is 11.7 Å². The Morgan fingerprint density at radius 3 is 2.33 bits per heavy atom. The van der Waals surface area contributed by atoms with E-state index in [9.17, 15) is 14.7 Å². The minimum atomic E-state index is -0.579. The van der Waals surface area contributed by atoms with Gasteiger partial charge in [0.25, 0.3) is 5.91 Å². The summed E-state index contributed by atoms with van der Waals surface area (Å²) in [6.07, 6.45) is 5.43. The maximum absolute atomic E-state index is 12.8. The molecule has 1 aromatic carbocycles. The third-order valence-electron chi connectivity index (χ3n) is 5.62. The zero-order valence-electron chi connectivity index (χ0n) is 18.8. The molecule has 0 aliphatic carbocycles. The Labute approximate surface area is 180 Å². The standard InChI is InChI=1S/C24H36N2O4/c1-5-7-13-25(14-8-6-2)15-10-16-26-22(19-11-9-12-20(17-19)30-4)21(18(3)27)23(28)24(26)29/h9,11-12,17,22,28H,5-8,10,13-16H2,1-4H3. The lowest BCUT2D eigenvalue weighted by atomic mass is 9.96. The Balaban J connectivity index is 2.17. The Morgan fingerprint density at radius 1 is 1.13 bits per heavy atom. The van der Waals surface area contributed by atoms with Gasteiger partial charge in [-0.05, 0) is 63.5 Å². The normalized spacial score (nSPS) is 16.6. The summed E-state index contributed by atoms with van der Waals surface area (Å²) in [4.78, 5) is 29.1. The van der Waals surface area contributed by atoms with Crippen LogP contribution in [0.5, 0.6) is 5.75 Å². The zero-order valence-corrected chi connectivity index (χ0v) is 18.8. The predicted molar refractivity (Wildman–Crippen MR) is 119 cm³/mol. The van der Waals surface area contributed by atoms with Crippen LogP contribution in [0.4, 0.5) is 0 Å². The summed E-state index contributed by atoms with van der Waals surface area (Å²) in [5.41, 5.74) is 0.938. The number of rotatable bonds is 13. The van der Waals surface area contributed by atoms with E-state index in [-0.39, 0.29) is 11.4 Å². The van der Waals surface area contributed by atoms with E-state index in [0.29, 0.717) is 12.3 Å². The minimum Gasteiger partial charge on any atom is -0.503 e. The second-order valence-electron chi connectivity index (χ2n) is 7.90. The molecule has 0 radical (unpaired) electrons. The van der Waals surface area contributed by atoms with E-state index in [1.807, 2.05) is 24.3 Å². The number of hydrogen-bond donors (Lipinski definition) is 1. The number of ketones is 1. The summed E-state index contributed by atoms with van der Waals surface area (Å²) in [5, 5.41) is 10.4. The van der Waals surface area contributed by atoms with Gasteiger partial charge >= 0.3 is 0 Å². The number of unbranched alkanes of at least 4 members (excludes halogenated alkanes) is 2. The van der Waals surface area contributed by atoms with Gasteiger partial charge in [-0.15, -0.1) is 0 Å². The van der Waals surface area contributed by atoms with Crippen molar-refractivity contribution in [3.05, 3.63) is 41.2 Å². The summed E-state index contributed by atoms with van der Waals surface area (Å²) in [6.45, 7) is 9.28. The molecule has 0 saturated heterocycles.